The quantitative estimate of drug-likeness (QED) is 0.332. The number of aryl methyl sites for hydroxylation is 2. The van der Waals surface area contributed by atoms with E-state index >= 15 is 0 Å². The lowest BCUT2D eigenvalue weighted by Gasteiger charge is -2.14. The van der Waals surface area contributed by atoms with Gasteiger partial charge in [0.1, 0.15) is 17.3 Å². The van der Waals surface area contributed by atoms with E-state index in [2.05, 4.69) is 17.5 Å². The van der Waals surface area contributed by atoms with Crippen molar-refractivity contribution in [1.82, 2.24) is 5.43 Å². The first kappa shape index (κ1) is 22.3. The minimum Gasteiger partial charge on any atom is -0.496 e. The molecule has 0 atom stereocenters. The van der Waals surface area contributed by atoms with Crippen molar-refractivity contribution in [2.45, 2.75) is 39.5 Å². The molecule has 0 fully saturated rings. The predicted octanol–water partition coefficient (Wildman–Crippen LogP) is 4.85. The average Bonchev–Trinajstić information content (AvgIpc) is 3.20. The van der Waals surface area contributed by atoms with Gasteiger partial charge in [0, 0.05) is 17.5 Å². The Labute approximate surface area is 192 Å². The molecule has 0 aliphatic heterocycles. The van der Waals surface area contributed by atoms with Crippen molar-refractivity contribution in [2.24, 2.45) is 5.10 Å². The second-order valence-corrected chi connectivity index (χ2v) is 7.79. The first-order valence-corrected chi connectivity index (χ1v) is 11.0. The van der Waals surface area contributed by atoms with Gasteiger partial charge in [0.15, 0.2) is 0 Å². The van der Waals surface area contributed by atoms with Crippen molar-refractivity contribution >= 4 is 17.6 Å². The molecule has 7 heteroatoms. The number of carbonyl (C=O) groups is 2. The molecule has 0 radical (unpaired) electrons. The molecule has 0 saturated carbocycles. The lowest BCUT2D eigenvalue weighted by atomic mass is 9.93. The Morgan fingerprint density at radius 3 is 2.58 bits per heavy atom. The third kappa shape index (κ3) is 4.67. The molecule has 1 aromatic heterocycles. The number of hydrogen-bond acceptors (Lipinski definition) is 6. The van der Waals surface area contributed by atoms with Crippen molar-refractivity contribution in [3.63, 3.8) is 0 Å². The van der Waals surface area contributed by atoms with Gasteiger partial charge in [-0.15, -0.1) is 0 Å². The summed E-state index contributed by atoms with van der Waals surface area (Å²) in [6.45, 7) is 3.87. The SMILES string of the molecule is CCc1ccc(OC(=O)c2oc3c(c2C)/C(=N/NC(=O)c2ccccc2OC)CCC3)cc1. The van der Waals surface area contributed by atoms with Gasteiger partial charge in [-0.25, -0.2) is 10.2 Å². The normalized spacial score (nSPS) is 14.0. The molecule has 33 heavy (non-hydrogen) atoms. The summed E-state index contributed by atoms with van der Waals surface area (Å²) in [5.74, 6) is 0.842. The number of carbonyl (C=O) groups excluding carboxylic acids is 2. The van der Waals surface area contributed by atoms with Crippen LogP contribution in [0.15, 0.2) is 58.0 Å². The van der Waals surface area contributed by atoms with Crippen LogP contribution in [-0.4, -0.2) is 24.7 Å². The van der Waals surface area contributed by atoms with Crippen LogP contribution in [0.3, 0.4) is 0 Å². The Morgan fingerprint density at radius 1 is 1.09 bits per heavy atom. The molecule has 0 unspecified atom stereocenters. The number of hydrazone groups is 1. The number of rotatable bonds is 6. The van der Waals surface area contributed by atoms with Crippen LogP contribution >= 0.6 is 0 Å². The fourth-order valence-electron chi connectivity index (χ4n) is 3.93. The summed E-state index contributed by atoms with van der Waals surface area (Å²) in [5, 5.41) is 4.36. The third-order valence-electron chi connectivity index (χ3n) is 5.70. The Kier molecular flexibility index (Phi) is 6.58. The van der Waals surface area contributed by atoms with Crippen LogP contribution in [0.1, 0.15) is 63.1 Å². The number of furan rings is 1. The van der Waals surface area contributed by atoms with E-state index in [1.807, 2.05) is 19.1 Å². The largest absolute Gasteiger partial charge is 0.496 e. The summed E-state index contributed by atoms with van der Waals surface area (Å²) < 4.78 is 16.7. The lowest BCUT2D eigenvalue weighted by molar-refractivity contribution is 0.0698. The summed E-state index contributed by atoms with van der Waals surface area (Å²) in [6, 6.07) is 14.3. The van der Waals surface area contributed by atoms with Gasteiger partial charge in [-0.05, 0) is 56.0 Å². The number of ether oxygens (including phenoxy) is 2. The fourth-order valence-corrected chi connectivity index (χ4v) is 3.93. The molecular formula is C26H26N2O5. The Morgan fingerprint density at radius 2 is 1.85 bits per heavy atom. The van der Waals surface area contributed by atoms with Crippen LogP contribution in [0.5, 0.6) is 11.5 Å². The average molecular weight is 447 g/mol. The third-order valence-corrected chi connectivity index (χ3v) is 5.70. The lowest BCUT2D eigenvalue weighted by Crippen LogP contribution is -2.22. The van der Waals surface area contributed by atoms with Crippen molar-refractivity contribution in [3.05, 3.63) is 82.3 Å². The molecule has 170 valence electrons. The number of nitrogens with zero attached hydrogens (tertiary/aromatic N) is 1. The summed E-state index contributed by atoms with van der Waals surface area (Å²) >= 11 is 0. The van der Waals surface area contributed by atoms with Crippen LogP contribution in [0, 0.1) is 6.92 Å². The van der Waals surface area contributed by atoms with E-state index in [1.165, 1.54) is 7.11 Å². The minimum atomic E-state index is -0.552. The zero-order valence-electron chi connectivity index (χ0n) is 18.9. The monoisotopic (exact) mass is 446 g/mol. The highest BCUT2D eigenvalue weighted by Crippen LogP contribution is 2.30. The molecule has 1 heterocycles. The number of benzene rings is 2. The molecule has 0 bridgehead atoms. The van der Waals surface area contributed by atoms with E-state index < -0.39 is 5.97 Å². The van der Waals surface area contributed by atoms with E-state index in [1.54, 1.807) is 36.4 Å². The first-order chi connectivity index (χ1) is 16.0. The highest BCUT2D eigenvalue weighted by molar-refractivity contribution is 6.07. The van der Waals surface area contributed by atoms with Gasteiger partial charge in [0.05, 0.1) is 18.4 Å². The number of hydrogen-bond donors (Lipinski definition) is 1. The Bertz CT molecular complexity index is 1210. The molecule has 7 nitrogen and oxygen atoms in total. The summed E-state index contributed by atoms with van der Waals surface area (Å²) in [5.41, 5.74) is 6.26. The summed E-state index contributed by atoms with van der Waals surface area (Å²) in [6.07, 6.45) is 3.06. The maximum atomic E-state index is 12.8. The van der Waals surface area contributed by atoms with Gasteiger partial charge in [-0.1, -0.05) is 31.2 Å². The maximum absolute atomic E-state index is 12.8. The van der Waals surface area contributed by atoms with Gasteiger partial charge in [-0.2, -0.15) is 5.10 Å². The molecule has 2 aromatic carbocycles. The molecule has 4 rings (SSSR count). The van der Waals surface area contributed by atoms with Crippen molar-refractivity contribution in [1.29, 1.82) is 0 Å². The molecule has 0 saturated heterocycles. The van der Waals surface area contributed by atoms with Gasteiger partial charge >= 0.3 is 5.97 Å². The van der Waals surface area contributed by atoms with Crippen molar-refractivity contribution < 1.29 is 23.5 Å². The minimum absolute atomic E-state index is 0.158. The van der Waals surface area contributed by atoms with Gasteiger partial charge in [0.2, 0.25) is 5.76 Å². The number of amides is 1. The van der Waals surface area contributed by atoms with Crippen LogP contribution < -0.4 is 14.9 Å². The first-order valence-electron chi connectivity index (χ1n) is 11.0. The number of esters is 1. The number of nitrogens with one attached hydrogen (secondary N) is 1. The van der Waals surface area contributed by atoms with Crippen LogP contribution in [0.2, 0.25) is 0 Å². The van der Waals surface area contributed by atoms with Crippen molar-refractivity contribution in [2.75, 3.05) is 7.11 Å². The standard InChI is InChI=1S/C26H26N2O5/c1-4-17-12-14-18(15-13-17)32-26(30)24-16(2)23-20(9-7-11-22(23)33-24)27-28-25(29)19-8-5-6-10-21(19)31-3/h5-6,8,10,12-15H,4,7,9,11H2,1-3H3,(H,28,29)/b27-20+. The van der Waals surface area contributed by atoms with E-state index in [4.69, 9.17) is 13.9 Å². The zero-order chi connectivity index (χ0) is 23.4. The predicted molar refractivity (Wildman–Crippen MR) is 124 cm³/mol. The Balaban J connectivity index is 1.55. The fraction of sp³-hybridized carbons (Fsp3) is 0.269. The smallest absolute Gasteiger partial charge is 0.379 e. The maximum Gasteiger partial charge on any atom is 0.379 e. The van der Waals surface area contributed by atoms with E-state index in [9.17, 15) is 9.59 Å². The van der Waals surface area contributed by atoms with Crippen LogP contribution in [0.4, 0.5) is 0 Å². The van der Waals surface area contributed by atoms with E-state index in [0.717, 1.165) is 24.0 Å². The van der Waals surface area contributed by atoms with Gasteiger partial charge < -0.3 is 13.9 Å². The second kappa shape index (κ2) is 9.73. The molecular weight excluding hydrogens is 420 g/mol. The molecule has 1 aliphatic carbocycles. The molecule has 1 aliphatic rings. The summed E-state index contributed by atoms with van der Waals surface area (Å²) in [4.78, 5) is 25.4. The zero-order valence-corrected chi connectivity index (χ0v) is 18.9. The van der Waals surface area contributed by atoms with Gasteiger partial charge in [-0.3, -0.25) is 4.79 Å². The molecule has 3 aromatic rings. The van der Waals surface area contributed by atoms with Crippen LogP contribution in [-0.2, 0) is 12.8 Å². The van der Waals surface area contributed by atoms with Crippen molar-refractivity contribution in [3.8, 4) is 11.5 Å². The topological polar surface area (TPSA) is 90.1 Å². The Hall–Kier alpha value is -3.87. The number of para-hydroxylation sites is 1. The molecule has 1 N–H and O–H groups in total. The van der Waals surface area contributed by atoms with Gasteiger partial charge in [0.25, 0.3) is 5.91 Å². The number of methoxy groups -OCH3 is 1. The molecule has 1 amide bonds. The van der Waals surface area contributed by atoms with Crippen LogP contribution in [0.25, 0.3) is 0 Å². The van der Waals surface area contributed by atoms with E-state index in [-0.39, 0.29) is 11.7 Å². The summed E-state index contributed by atoms with van der Waals surface area (Å²) in [7, 11) is 1.51. The highest BCUT2D eigenvalue weighted by atomic mass is 16.5. The second-order valence-electron chi connectivity index (χ2n) is 7.79. The number of fused-ring (bicyclic) bond motifs is 1. The van der Waals surface area contributed by atoms with E-state index in [0.29, 0.717) is 46.9 Å². The molecule has 0 spiro atoms. The highest BCUT2D eigenvalue weighted by Gasteiger charge is 2.29.